The van der Waals surface area contributed by atoms with E-state index in [2.05, 4.69) is 0 Å². The number of rotatable bonds is 9. The van der Waals surface area contributed by atoms with Crippen molar-refractivity contribution in [3.8, 4) is 11.1 Å². The Morgan fingerprint density at radius 1 is 0.969 bits per heavy atom. The molecule has 4 N–H and O–H groups in total. The Morgan fingerprint density at radius 2 is 1.53 bits per heavy atom. The van der Waals surface area contributed by atoms with Gasteiger partial charge in [0, 0.05) is 5.92 Å². The fraction of sp³-hybridized carbons (Fsp3) is 0.318. The SMILES string of the molecule is O=C(CC(NC(=O)OCC1c2ccccc2-c2ccccc21)C(F)F)N[C@H](CO)C(=O)O. The maximum Gasteiger partial charge on any atom is 0.407 e. The molecule has 2 aromatic carbocycles. The number of amides is 2. The average Bonchev–Trinajstić information content (AvgIpc) is 3.09. The van der Waals surface area contributed by atoms with Gasteiger partial charge < -0.3 is 25.6 Å². The number of ether oxygens (including phenoxy) is 1. The van der Waals surface area contributed by atoms with Gasteiger partial charge in [0.05, 0.1) is 13.0 Å². The second-order valence-corrected chi connectivity index (χ2v) is 7.26. The first-order valence-electron chi connectivity index (χ1n) is 9.84. The molecule has 0 heterocycles. The van der Waals surface area contributed by atoms with Gasteiger partial charge in [0.1, 0.15) is 18.7 Å². The van der Waals surface area contributed by atoms with Crippen molar-refractivity contribution < 1.29 is 38.1 Å². The van der Waals surface area contributed by atoms with E-state index in [1.54, 1.807) is 0 Å². The summed E-state index contributed by atoms with van der Waals surface area (Å²) in [5.41, 5.74) is 3.93. The average molecular weight is 448 g/mol. The van der Waals surface area contributed by atoms with Crippen LogP contribution in [0, 0.1) is 0 Å². The Balaban J connectivity index is 1.61. The monoisotopic (exact) mass is 448 g/mol. The van der Waals surface area contributed by atoms with Crippen molar-refractivity contribution in [2.75, 3.05) is 13.2 Å². The van der Waals surface area contributed by atoms with Gasteiger partial charge in [-0.05, 0) is 22.3 Å². The van der Waals surface area contributed by atoms with Crippen LogP contribution in [0.5, 0.6) is 0 Å². The number of halogens is 2. The van der Waals surface area contributed by atoms with Gasteiger partial charge in [-0.15, -0.1) is 0 Å². The zero-order valence-electron chi connectivity index (χ0n) is 16.8. The van der Waals surface area contributed by atoms with Crippen molar-refractivity contribution in [3.05, 3.63) is 59.7 Å². The molecule has 3 rings (SSSR count). The Morgan fingerprint density at radius 3 is 2.03 bits per heavy atom. The van der Waals surface area contributed by atoms with E-state index < -0.39 is 49.5 Å². The van der Waals surface area contributed by atoms with Crippen LogP contribution < -0.4 is 10.6 Å². The van der Waals surface area contributed by atoms with Crippen molar-refractivity contribution in [1.29, 1.82) is 0 Å². The van der Waals surface area contributed by atoms with Crippen LogP contribution in [0.3, 0.4) is 0 Å². The van der Waals surface area contributed by atoms with Crippen molar-refractivity contribution >= 4 is 18.0 Å². The van der Waals surface area contributed by atoms with Crippen molar-refractivity contribution in [2.24, 2.45) is 0 Å². The molecule has 170 valence electrons. The second kappa shape index (κ2) is 10.2. The number of alkyl carbamates (subject to hydrolysis) is 1. The molecule has 2 aromatic rings. The summed E-state index contributed by atoms with van der Waals surface area (Å²) < 4.78 is 31.8. The van der Waals surface area contributed by atoms with Crippen LogP contribution in [0.15, 0.2) is 48.5 Å². The van der Waals surface area contributed by atoms with Gasteiger partial charge >= 0.3 is 12.1 Å². The number of aliphatic carboxylic acids is 1. The minimum Gasteiger partial charge on any atom is -0.480 e. The summed E-state index contributed by atoms with van der Waals surface area (Å²) in [5.74, 6) is -2.84. The maximum absolute atomic E-state index is 13.3. The third-order valence-electron chi connectivity index (χ3n) is 5.17. The lowest BCUT2D eigenvalue weighted by atomic mass is 9.98. The van der Waals surface area contributed by atoms with Gasteiger partial charge in [-0.1, -0.05) is 48.5 Å². The first-order valence-corrected chi connectivity index (χ1v) is 9.84. The summed E-state index contributed by atoms with van der Waals surface area (Å²) in [4.78, 5) is 34.9. The summed E-state index contributed by atoms with van der Waals surface area (Å²) in [6.07, 6.45) is -5.11. The van der Waals surface area contributed by atoms with Gasteiger partial charge in [0.15, 0.2) is 0 Å². The number of hydrogen-bond donors (Lipinski definition) is 4. The number of carbonyl (C=O) groups is 3. The summed E-state index contributed by atoms with van der Waals surface area (Å²) in [5, 5.41) is 21.6. The molecule has 10 heteroatoms. The molecule has 0 aliphatic heterocycles. The molecule has 1 aliphatic carbocycles. The molecule has 0 bridgehead atoms. The molecule has 0 spiro atoms. The van der Waals surface area contributed by atoms with Crippen molar-refractivity contribution in [1.82, 2.24) is 10.6 Å². The highest BCUT2D eigenvalue weighted by Gasteiger charge is 2.31. The molecular weight excluding hydrogens is 426 g/mol. The van der Waals surface area contributed by atoms with E-state index in [-0.39, 0.29) is 12.5 Å². The molecule has 0 radical (unpaired) electrons. The molecule has 0 saturated carbocycles. The number of carbonyl (C=O) groups excluding carboxylic acids is 2. The lowest BCUT2D eigenvalue weighted by Crippen LogP contribution is -2.48. The Kier molecular flexibility index (Phi) is 7.37. The van der Waals surface area contributed by atoms with E-state index in [0.29, 0.717) is 0 Å². The lowest BCUT2D eigenvalue weighted by molar-refractivity contribution is -0.143. The quantitative estimate of drug-likeness (QED) is 0.466. The fourth-order valence-corrected chi connectivity index (χ4v) is 3.63. The maximum atomic E-state index is 13.3. The van der Waals surface area contributed by atoms with E-state index in [1.165, 1.54) is 0 Å². The Hall–Kier alpha value is -3.53. The highest BCUT2D eigenvalue weighted by atomic mass is 19.3. The number of benzene rings is 2. The van der Waals surface area contributed by atoms with Gasteiger partial charge in [-0.2, -0.15) is 0 Å². The van der Waals surface area contributed by atoms with Crippen LogP contribution in [0.2, 0.25) is 0 Å². The number of carboxylic acid groups (broad SMARTS) is 1. The van der Waals surface area contributed by atoms with Gasteiger partial charge in [0.25, 0.3) is 6.43 Å². The number of aliphatic hydroxyl groups is 1. The first-order chi connectivity index (χ1) is 15.3. The smallest absolute Gasteiger partial charge is 0.407 e. The summed E-state index contributed by atoms with van der Waals surface area (Å²) in [7, 11) is 0. The van der Waals surface area contributed by atoms with Crippen LogP contribution in [0.4, 0.5) is 13.6 Å². The third-order valence-corrected chi connectivity index (χ3v) is 5.17. The molecule has 0 aromatic heterocycles. The highest BCUT2D eigenvalue weighted by molar-refractivity contribution is 5.84. The number of hydrogen-bond acceptors (Lipinski definition) is 5. The largest absolute Gasteiger partial charge is 0.480 e. The first kappa shape index (κ1) is 23.1. The van der Waals surface area contributed by atoms with E-state index >= 15 is 0 Å². The number of fused-ring (bicyclic) bond motifs is 3. The molecule has 0 saturated heterocycles. The van der Waals surface area contributed by atoms with E-state index in [9.17, 15) is 23.2 Å². The Labute approximate surface area is 182 Å². The van der Waals surface area contributed by atoms with E-state index in [4.69, 9.17) is 14.9 Å². The van der Waals surface area contributed by atoms with Gasteiger partial charge in [-0.25, -0.2) is 18.4 Å². The molecule has 2 atom stereocenters. The third kappa shape index (κ3) is 5.20. The predicted molar refractivity (Wildman–Crippen MR) is 109 cm³/mol. The number of nitrogens with one attached hydrogen (secondary N) is 2. The number of alkyl halides is 2. The van der Waals surface area contributed by atoms with Crippen molar-refractivity contribution in [2.45, 2.75) is 30.8 Å². The molecule has 32 heavy (non-hydrogen) atoms. The number of aliphatic hydroxyl groups excluding tert-OH is 1. The van der Waals surface area contributed by atoms with E-state index in [1.807, 2.05) is 59.2 Å². The summed E-state index contributed by atoms with van der Waals surface area (Å²) in [6.45, 7) is -0.992. The molecule has 1 aliphatic rings. The van der Waals surface area contributed by atoms with Crippen LogP contribution in [0.25, 0.3) is 11.1 Å². The second-order valence-electron chi connectivity index (χ2n) is 7.26. The lowest BCUT2D eigenvalue weighted by Gasteiger charge is -2.20. The fourth-order valence-electron chi connectivity index (χ4n) is 3.63. The van der Waals surface area contributed by atoms with Gasteiger partial charge in [0.2, 0.25) is 5.91 Å². The van der Waals surface area contributed by atoms with E-state index in [0.717, 1.165) is 22.3 Å². The zero-order chi connectivity index (χ0) is 23.3. The molecule has 1 unspecified atom stereocenters. The molecule has 2 amide bonds. The highest BCUT2D eigenvalue weighted by Crippen LogP contribution is 2.44. The zero-order valence-corrected chi connectivity index (χ0v) is 16.8. The molecule has 8 nitrogen and oxygen atoms in total. The topological polar surface area (TPSA) is 125 Å². The van der Waals surface area contributed by atoms with Gasteiger partial charge in [-0.3, -0.25) is 4.79 Å². The van der Waals surface area contributed by atoms with Crippen LogP contribution >= 0.6 is 0 Å². The summed E-state index contributed by atoms with van der Waals surface area (Å²) in [6, 6.07) is 11.7. The molecule has 0 fully saturated rings. The van der Waals surface area contributed by atoms with Crippen LogP contribution in [-0.4, -0.2) is 59.9 Å². The number of carboxylic acids is 1. The summed E-state index contributed by atoms with van der Waals surface area (Å²) >= 11 is 0. The Bertz CT molecular complexity index is 954. The van der Waals surface area contributed by atoms with Crippen LogP contribution in [0.1, 0.15) is 23.5 Å². The molecular formula is C22H22F2N2O6. The minimum atomic E-state index is -3.10. The minimum absolute atomic E-state index is 0.0897. The van der Waals surface area contributed by atoms with Crippen LogP contribution in [-0.2, 0) is 14.3 Å². The standard InChI is InChI=1S/C22H22F2N2O6/c23-20(24)17(9-19(28)25-18(10-27)21(29)30)26-22(31)32-11-16-14-7-3-1-5-12(14)13-6-2-4-8-15(13)16/h1-8,16-18,20,27H,9-11H2,(H,25,28)(H,26,31)(H,29,30)/t17?,18-/m1/s1. The van der Waals surface area contributed by atoms with Crippen molar-refractivity contribution in [3.63, 3.8) is 0 Å². The normalized spacial score (nSPS) is 14.2. The predicted octanol–water partition coefficient (Wildman–Crippen LogP) is 2.11.